The average molecular weight is 386 g/mol. The quantitative estimate of drug-likeness (QED) is 0.812. The molecule has 1 N–H and O–H groups in total. The number of nitrogens with one attached hydrogen (secondary N) is 1. The first kappa shape index (κ1) is 19.4. The molecule has 0 aromatic heterocycles. The van der Waals surface area contributed by atoms with Gasteiger partial charge in [-0.25, -0.2) is 0 Å². The third-order valence-electron chi connectivity index (χ3n) is 6.10. The lowest BCUT2D eigenvalue weighted by molar-refractivity contribution is -0.142. The van der Waals surface area contributed by atoms with Crippen LogP contribution >= 0.6 is 0 Å². The van der Waals surface area contributed by atoms with E-state index in [1.54, 1.807) is 0 Å². The fourth-order valence-corrected chi connectivity index (χ4v) is 4.20. The molecule has 1 aliphatic carbocycles. The Hall–Kier alpha value is -1.92. The predicted molar refractivity (Wildman–Crippen MR) is 107 cm³/mol. The first-order valence-corrected chi connectivity index (χ1v) is 10.6. The lowest BCUT2D eigenvalue weighted by Gasteiger charge is -2.35. The van der Waals surface area contributed by atoms with Crippen molar-refractivity contribution in [2.24, 2.45) is 5.92 Å². The molecule has 6 heteroatoms. The molecule has 6 nitrogen and oxygen atoms in total. The van der Waals surface area contributed by atoms with Gasteiger partial charge in [0.25, 0.3) is 5.91 Å². The Bertz CT molecular complexity index is 687. The summed E-state index contributed by atoms with van der Waals surface area (Å²) in [5.74, 6) is 0.763. The van der Waals surface area contributed by atoms with E-state index in [0.717, 1.165) is 25.9 Å². The van der Waals surface area contributed by atoms with Crippen LogP contribution in [-0.4, -0.2) is 67.0 Å². The minimum Gasteiger partial charge on any atom is -0.368 e. The van der Waals surface area contributed by atoms with Crippen molar-refractivity contribution in [3.63, 3.8) is 0 Å². The van der Waals surface area contributed by atoms with Crippen LogP contribution in [-0.2, 0) is 14.3 Å². The molecule has 0 spiro atoms. The van der Waals surface area contributed by atoms with Gasteiger partial charge in [0.05, 0.1) is 12.6 Å². The van der Waals surface area contributed by atoms with Crippen LogP contribution in [0.3, 0.4) is 0 Å². The molecule has 2 atom stereocenters. The molecule has 2 heterocycles. The second kappa shape index (κ2) is 8.62. The van der Waals surface area contributed by atoms with E-state index >= 15 is 0 Å². The molecular weight excluding hydrogens is 354 g/mol. The smallest absolute Gasteiger partial charge is 0.251 e. The Labute approximate surface area is 167 Å². The standard InChI is InChI=1S/C22H31N3O3/c1-16-4-6-17(7-5-16)21(18-8-9-18)23-20(26)15-24-10-12-25(13-11-24)22(27)19-3-2-14-28-19/h4-7,18-19,21H,2-3,8-15H2,1H3,(H,23,26)/t19-,21+/m0/s1. The largest absolute Gasteiger partial charge is 0.368 e. The fourth-order valence-electron chi connectivity index (χ4n) is 4.20. The summed E-state index contributed by atoms with van der Waals surface area (Å²) in [6.45, 7) is 6.01. The second-order valence-electron chi connectivity index (χ2n) is 8.40. The van der Waals surface area contributed by atoms with Gasteiger partial charge in [0.15, 0.2) is 0 Å². The van der Waals surface area contributed by atoms with Gasteiger partial charge in [0, 0.05) is 32.8 Å². The first-order chi connectivity index (χ1) is 13.6. The summed E-state index contributed by atoms with van der Waals surface area (Å²) in [6.07, 6.45) is 3.93. The lowest BCUT2D eigenvalue weighted by Crippen LogP contribution is -2.53. The highest BCUT2D eigenvalue weighted by molar-refractivity contribution is 5.81. The van der Waals surface area contributed by atoms with E-state index in [9.17, 15) is 9.59 Å². The molecular formula is C22H31N3O3. The highest BCUT2D eigenvalue weighted by Gasteiger charge is 2.34. The number of hydrogen-bond acceptors (Lipinski definition) is 4. The van der Waals surface area contributed by atoms with E-state index in [4.69, 9.17) is 4.74 Å². The van der Waals surface area contributed by atoms with Crippen LogP contribution in [0.15, 0.2) is 24.3 Å². The summed E-state index contributed by atoms with van der Waals surface area (Å²) in [4.78, 5) is 29.1. The second-order valence-corrected chi connectivity index (χ2v) is 8.40. The molecule has 0 radical (unpaired) electrons. The van der Waals surface area contributed by atoms with Gasteiger partial charge in [0.2, 0.25) is 5.91 Å². The fraction of sp³-hybridized carbons (Fsp3) is 0.636. The number of carbonyl (C=O) groups is 2. The molecule has 4 rings (SSSR count). The lowest BCUT2D eigenvalue weighted by atomic mass is 10.0. The van der Waals surface area contributed by atoms with Gasteiger partial charge in [0.1, 0.15) is 6.10 Å². The first-order valence-electron chi connectivity index (χ1n) is 10.6. The normalized spacial score (nSPS) is 24.2. The maximum Gasteiger partial charge on any atom is 0.251 e. The summed E-state index contributed by atoms with van der Waals surface area (Å²) in [7, 11) is 0. The Morgan fingerprint density at radius 3 is 2.43 bits per heavy atom. The molecule has 0 unspecified atom stereocenters. The summed E-state index contributed by atoms with van der Waals surface area (Å²) in [6, 6.07) is 8.61. The van der Waals surface area contributed by atoms with Gasteiger partial charge in [-0.2, -0.15) is 0 Å². The van der Waals surface area contributed by atoms with Crippen molar-refractivity contribution in [2.75, 3.05) is 39.3 Å². The van der Waals surface area contributed by atoms with E-state index in [2.05, 4.69) is 41.4 Å². The minimum absolute atomic E-state index is 0.0800. The molecule has 28 heavy (non-hydrogen) atoms. The number of ether oxygens (including phenoxy) is 1. The Morgan fingerprint density at radius 2 is 1.82 bits per heavy atom. The number of piperazine rings is 1. The van der Waals surface area contributed by atoms with Crippen molar-refractivity contribution in [3.05, 3.63) is 35.4 Å². The predicted octanol–water partition coefficient (Wildman–Crippen LogP) is 1.89. The molecule has 3 aliphatic rings. The van der Waals surface area contributed by atoms with Crippen molar-refractivity contribution in [3.8, 4) is 0 Å². The molecule has 2 amide bonds. The van der Waals surface area contributed by atoms with E-state index in [-0.39, 0.29) is 24.0 Å². The summed E-state index contributed by atoms with van der Waals surface area (Å²) >= 11 is 0. The number of benzene rings is 1. The van der Waals surface area contributed by atoms with Crippen molar-refractivity contribution in [1.29, 1.82) is 0 Å². The third kappa shape index (κ3) is 4.73. The minimum atomic E-state index is -0.247. The third-order valence-corrected chi connectivity index (χ3v) is 6.10. The van der Waals surface area contributed by atoms with Crippen LogP contribution in [0.4, 0.5) is 0 Å². The zero-order valence-corrected chi connectivity index (χ0v) is 16.7. The zero-order chi connectivity index (χ0) is 19.5. The molecule has 2 aliphatic heterocycles. The van der Waals surface area contributed by atoms with Crippen LogP contribution in [0.25, 0.3) is 0 Å². The highest BCUT2D eigenvalue weighted by atomic mass is 16.5. The van der Waals surface area contributed by atoms with Crippen molar-refractivity contribution in [1.82, 2.24) is 15.1 Å². The van der Waals surface area contributed by atoms with Crippen molar-refractivity contribution >= 4 is 11.8 Å². The van der Waals surface area contributed by atoms with Crippen LogP contribution in [0.1, 0.15) is 42.9 Å². The maximum atomic E-state index is 12.7. The van der Waals surface area contributed by atoms with Crippen LogP contribution in [0, 0.1) is 12.8 Å². The van der Waals surface area contributed by atoms with Gasteiger partial charge >= 0.3 is 0 Å². The maximum absolute atomic E-state index is 12.7. The molecule has 0 bridgehead atoms. The number of hydrogen-bond donors (Lipinski definition) is 1. The van der Waals surface area contributed by atoms with Gasteiger partial charge in [-0.15, -0.1) is 0 Å². The van der Waals surface area contributed by atoms with Crippen LogP contribution in [0.2, 0.25) is 0 Å². The van der Waals surface area contributed by atoms with E-state index < -0.39 is 0 Å². The molecule has 3 fully saturated rings. The zero-order valence-electron chi connectivity index (χ0n) is 16.7. The van der Waals surface area contributed by atoms with Gasteiger partial charge in [-0.3, -0.25) is 14.5 Å². The molecule has 152 valence electrons. The van der Waals surface area contributed by atoms with Gasteiger partial charge in [-0.05, 0) is 44.1 Å². The number of carbonyl (C=O) groups excluding carboxylic acids is 2. The Kier molecular flexibility index (Phi) is 5.97. The van der Waals surface area contributed by atoms with Crippen molar-refractivity contribution in [2.45, 2.75) is 44.8 Å². The molecule has 2 saturated heterocycles. The van der Waals surface area contributed by atoms with Crippen LogP contribution in [0.5, 0.6) is 0 Å². The van der Waals surface area contributed by atoms with Crippen molar-refractivity contribution < 1.29 is 14.3 Å². The molecule has 1 aromatic carbocycles. The average Bonchev–Trinajstić information content (AvgIpc) is 3.40. The van der Waals surface area contributed by atoms with Gasteiger partial charge < -0.3 is 15.0 Å². The summed E-state index contributed by atoms with van der Waals surface area (Å²) < 4.78 is 5.51. The van der Waals surface area contributed by atoms with Crippen LogP contribution < -0.4 is 5.32 Å². The number of rotatable bonds is 6. The monoisotopic (exact) mass is 385 g/mol. The SMILES string of the molecule is Cc1ccc([C@@H](NC(=O)CN2CCN(C(=O)[C@@H]3CCCO3)CC2)C2CC2)cc1. The highest BCUT2D eigenvalue weighted by Crippen LogP contribution is 2.41. The summed E-state index contributed by atoms with van der Waals surface area (Å²) in [5, 5.41) is 3.26. The number of amides is 2. The number of aryl methyl sites for hydroxylation is 1. The number of nitrogens with zero attached hydrogens (tertiary/aromatic N) is 2. The molecule has 1 aromatic rings. The van der Waals surface area contributed by atoms with E-state index in [1.807, 2.05) is 4.90 Å². The molecule has 1 saturated carbocycles. The Balaban J connectivity index is 1.26. The van der Waals surface area contributed by atoms with Gasteiger partial charge in [-0.1, -0.05) is 29.8 Å². The van der Waals surface area contributed by atoms with E-state index in [1.165, 1.54) is 24.0 Å². The summed E-state index contributed by atoms with van der Waals surface area (Å²) in [5.41, 5.74) is 2.44. The topological polar surface area (TPSA) is 61.9 Å². The van der Waals surface area contributed by atoms with E-state index in [0.29, 0.717) is 32.2 Å². The Morgan fingerprint density at radius 1 is 1.11 bits per heavy atom.